The lowest BCUT2D eigenvalue weighted by atomic mass is 10.1. The Hall–Kier alpha value is -1.33. The molecule has 2 atom stereocenters. The van der Waals surface area contributed by atoms with Crippen LogP contribution in [0.3, 0.4) is 0 Å². The molecule has 0 bridgehead atoms. The molecule has 0 spiro atoms. The molecule has 1 aromatic rings. The van der Waals surface area contributed by atoms with Gasteiger partial charge in [-0.3, -0.25) is 9.69 Å². The quantitative estimate of drug-likeness (QED) is 0.785. The fourth-order valence-corrected chi connectivity index (χ4v) is 2.19. The number of furan rings is 1. The number of amides is 1. The highest BCUT2D eigenvalue weighted by molar-refractivity contribution is 5.82. The zero-order chi connectivity index (χ0) is 12.3. The van der Waals surface area contributed by atoms with Crippen LogP contribution in [0.1, 0.15) is 12.7 Å². The molecule has 94 valence electrons. The first kappa shape index (κ1) is 12.1. The third-order valence-electron chi connectivity index (χ3n) is 3.16. The van der Waals surface area contributed by atoms with Crippen LogP contribution in [0, 0.1) is 0 Å². The number of carbonyl (C=O) groups excluding carboxylic acids is 1. The molecular weight excluding hydrogens is 218 g/mol. The molecule has 0 radical (unpaired) electrons. The predicted octanol–water partition coefficient (Wildman–Crippen LogP) is 0.188. The fraction of sp³-hybridized carbons (Fsp3) is 0.583. The molecular formula is C12H19N3O2. The van der Waals surface area contributed by atoms with E-state index in [9.17, 15) is 4.79 Å². The molecule has 0 saturated carbocycles. The number of likely N-dealkylation sites (N-methyl/N-ethyl adjacent to an activating group) is 1. The summed E-state index contributed by atoms with van der Waals surface area (Å²) in [5, 5.41) is 5.99. The van der Waals surface area contributed by atoms with E-state index in [1.54, 1.807) is 6.26 Å². The Morgan fingerprint density at radius 2 is 2.47 bits per heavy atom. The molecule has 1 fully saturated rings. The van der Waals surface area contributed by atoms with E-state index in [4.69, 9.17) is 4.42 Å². The number of hydrogen-bond acceptors (Lipinski definition) is 4. The first-order valence-electron chi connectivity index (χ1n) is 5.93. The van der Waals surface area contributed by atoms with E-state index < -0.39 is 0 Å². The van der Waals surface area contributed by atoms with Crippen molar-refractivity contribution in [2.24, 2.45) is 0 Å². The van der Waals surface area contributed by atoms with Gasteiger partial charge in [-0.25, -0.2) is 0 Å². The normalized spacial score (nSPS) is 25.9. The van der Waals surface area contributed by atoms with Crippen molar-refractivity contribution in [2.75, 3.05) is 20.1 Å². The van der Waals surface area contributed by atoms with Gasteiger partial charge in [0.15, 0.2) is 0 Å². The van der Waals surface area contributed by atoms with E-state index in [2.05, 4.69) is 22.5 Å². The molecule has 2 heterocycles. The van der Waals surface area contributed by atoms with E-state index >= 15 is 0 Å². The largest absolute Gasteiger partial charge is 0.468 e. The standard InChI is InChI=1S/C12H19N3O2/c1-9-6-14-12(16)11(7-13-2)15(9)8-10-4-3-5-17-10/h3-5,9,11,13H,6-8H2,1-2H3,(H,14,16). The average Bonchev–Trinajstić information content (AvgIpc) is 2.81. The highest BCUT2D eigenvalue weighted by Crippen LogP contribution is 2.15. The summed E-state index contributed by atoms with van der Waals surface area (Å²) in [5.74, 6) is 0.983. The van der Waals surface area contributed by atoms with E-state index in [0.717, 1.165) is 5.76 Å². The summed E-state index contributed by atoms with van der Waals surface area (Å²) in [6, 6.07) is 4.00. The monoisotopic (exact) mass is 237 g/mol. The molecule has 2 unspecified atom stereocenters. The fourth-order valence-electron chi connectivity index (χ4n) is 2.19. The molecule has 0 aliphatic carbocycles. The van der Waals surface area contributed by atoms with E-state index in [-0.39, 0.29) is 11.9 Å². The molecule has 2 rings (SSSR count). The molecule has 1 aliphatic heterocycles. The molecule has 17 heavy (non-hydrogen) atoms. The Labute approximate surface area is 101 Å². The molecule has 1 aliphatic rings. The number of nitrogens with zero attached hydrogens (tertiary/aromatic N) is 1. The third-order valence-corrected chi connectivity index (χ3v) is 3.16. The topological polar surface area (TPSA) is 57.5 Å². The zero-order valence-electron chi connectivity index (χ0n) is 10.3. The van der Waals surface area contributed by atoms with Gasteiger partial charge in [0.05, 0.1) is 12.8 Å². The Balaban J connectivity index is 2.10. The second kappa shape index (κ2) is 5.33. The van der Waals surface area contributed by atoms with Crippen molar-refractivity contribution in [2.45, 2.75) is 25.6 Å². The number of rotatable bonds is 4. The van der Waals surface area contributed by atoms with Crippen molar-refractivity contribution < 1.29 is 9.21 Å². The first-order chi connectivity index (χ1) is 8.22. The Morgan fingerprint density at radius 3 is 3.12 bits per heavy atom. The van der Waals surface area contributed by atoms with Crippen LogP contribution in [0.4, 0.5) is 0 Å². The highest BCUT2D eigenvalue weighted by Gasteiger charge is 2.33. The zero-order valence-corrected chi connectivity index (χ0v) is 10.3. The molecule has 1 aromatic heterocycles. The maximum atomic E-state index is 11.8. The Bertz CT molecular complexity index is 364. The van der Waals surface area contributed by atoms with Crippen LogP contribution < -0.4 is 10.6 Å². The SMILES string of the molecule is CNCC1C(=O)NCC(C)N1Cc1ccco1. The van der Waals surface area contributed by atoms with Gasteiger partial charge in [-0.2, -0.15) is 0 Å². The van der Waals surface area contributed by atoms with Crippen LogP contribution in [0.2, 0.25) is 0 Å². The summed E-state index contributed by atoms with van der Waals surface area (Å²) in [5.41, 5.74) is 0. The van der Waals surface area contributed by atoms with Gasteiger partial charge in [-0.1, -0.05) is 0 Å². The molecule has 5 nitrogen and oxygen atoms in total. The minimum absolute atomic E-state index is 0.0870. The van der Waals surface area contributed by atoms with Crippen LogP contribution in [0.5, 0.6) is 0 Å². The molecule has 1 saturated heterocycles. The Morgan fingerprint density at radius 1 is 1.65 bits per heavy atom. The molecule has 1 amide bonds. The summed E-state index contributed by atoms with van der Waals surface area (Å²) in [6.45, 7) is 4.13. The minimum Gasteiger partial charge on any atom is -0.468 e. The lowest BCUT2D eigenvalue weighted by Crippen LogP contribution is -2.61. The van der Waals surface area contributed by atoms with E-state index in [0.29, 0.717) is 25.7 Å². The minimum atomic E-state index is -0.131. The summed E-state index contributed by atoms with van der Waals surface area (Å²) in [6.07, 6.45) is 1.66. The maximum Gasteiger partial charge on any atom is 0.238 e. The van der Waals surface area contributed by atoms with Crippen molar-refractivity contribution in [3.05, 3.63) is 24.2 Å². The van der Waals surface area contributed by atoms with Gasteiger partial charge in [0.25, 0.3) is 0 Å². The van der Waals surface area contributed by atoms with Crippen LogP contribution in [-0.4, -0.2) is 43.0 Å². The van der Waals surface area contributed by atoms with Gasteiger partial charge >= 0.3 is 0 Å². The van der Waals surface area contributed by atoms with Gasteiger partial charge in [-0.05, 0) is 26.1 Å². The smallest absolute Gasteiger partial charge is 0.238 e. The second-order valence-electron chi connectivity index (χ2n) is 4.42. The lowest BCUT2D eigenvalue weighted by Gasteiger charge is -2.39. The molecule has 5 heteroatoms. The highest BCUT2D eigenvalue weighted by atomic mass is 16.3. The van der Waals surface area contributed by atoms with Crippen molar-refractivity contribution in [3.63, 3.8) is 0 Å². The van der Waals surface area contributed by atoms with Crippen LogP contribution in [0.15, 0.2) is 22.8 Å². The summed E-state index contributed by atoms with van der Waals surface area (Å²) in [4.78, 5) is 14.0. The van der Waals surface area contributed by atoms with Gasteiger partial charge < -0.3 is 15.1 Å². The van der Waals surface area contributed by atoms with Crippen molar-refractivity contribution in [3.8, 4) is 0 Å². The number of nitrogens with one attached hydrogen (secondary N) is 2. The van der Waals surface area contributed by atoms with E-state index in [1.807, 2.05) is 19.2 Å². The Kier molecular flexibility index (Phi) is 3.81. The number of piperazine rings is 1. The van der Waals surface area contributed by atoms with Gasteiger partial charge in [0.1, 0.15) is 11.8 Å². The summed E-state index contributed by atoms with van der Waals surface area (Å²) >= 11 is 0. The third kappa shape index (κ3) is 2.68. The molecule has 0 aromatic carbocycles. The van der Waals surface area contributed by atoms with Crippen molar-refractivity contribution in [1.82, 2.24) is 15.5 Å². The molecule has 2 N–H and O–H groups in total. The van der Waals surface area contributed by atoms with Gasteiger partial charge in [0.2, 0.25) is 5.91 Å². The second-order valence-corrected chi connectivity index (χ2v) is 4.42. The number of hydrogen-bond donors (Lipinski definition) is 2. The van der Waals surface area contributed by atoms with Crippen LogP contribution in [-0.2, 0) is 11.3 Å². The lowest BCUT2D eigenvalue weighted by molar-refractivity contribution is -0.131. The van der Waals surface area contributed by atoms with Crippen LogP contribution in [0.25, 0.3) is 0 Å². The van der Waals surface area contributed by atoms with Crippen molar-refractivity contribution in [1.29, 1.82) is 0 Å². The maximum absolute atomic E-state index is 11.8. The average molecular weight is 237 g/mol. The van der Waals surface area contributed by atoms with Gasteiger partial charge in [-0.15, -0.1) is 0 Å². The van der Waals surface area contributed by atoms with E-state index in [1.165, 1.54) is 0 Å². The predicted molar refractivity (Wildman–Crippen MR) is 64.4 cm³/mol. The summed E-state index contributed by atoms with van der Waals surface area (Å²) < 4.78 is 5.35. The number of carbonyl (C=O) groups is 1. The van der Waals surface area contributed by atoms with Gasteiger partial charge in [0, 0.05) is 19.1 Å². The van der Waals surface area contributed by atoms with Crippen molar-refractivity contribution >= 4 is 5.91 Å². The summed E-state index contributed by atoms with van der Waals surface area (Å²) in [7, 11) is 1.86. The van der Waals surface area contributed by atoms with Crippen LogP contribution >= 0.6 is 0 Å². The first-order valence-corrected chi connectivity index (χ1v) is 5.93.